The summed E-state index contributed by atoms with van der Waals surface area (Å²) in [5.74, 6) is 1.64. The van der Waals surface area contributed by atoms with Gasteiger partial charge in [-0.1, -0.05) is 66.6 Å². The number of benzene rings is 2. The summed E-state index contributed by atoms with van der Waals surface area (Å²) in [4.78, 5) is 29.5. The van der Waals surface area contributed by atoms with E-state index in [0.29, 0.717) is 10.6 Å². The second kappa shape index (κ2) is 8.79. The molecule has 5 nitrogen and oxygen atoms in total. The second-order valence-corrected chi connectivity index (χ2v) is 6.59. The Labute approximate surface area is 161 Å². The van der Waals surface area contributed by atoms with E-state index in [1.165, 1.54) is 11.3 Å². The van der Waals surface area contributed by atoms with Gasteiger partial charge < -0.3 is 10.6 Å². The fourth-order valence-electron chi connectivity index (χ4n) is 2.42. The maximum absolute atomic E-state index is 12.7. The van der Waals surface area contributed by atoms with E-state index in [1.54, 1.807) is 0 Å². The van der Waals surface area contributed by atoms with Gasteiger partial charge in [0.1, 0.15) is 9.88 Å². The zero-order chi connectivity index (χ0) is 19.1. The van der Waals surface area contributed by atoms with Gasteiger partial charge in [-0.2, -0.15) is 0 Å². The van der Waals surface area contributed by atoms with Crippen molar-refractivity contribution >= 4 is 23.2 Å². The number of nitrogens with zero attached hydrogens (tertiary/aromatic N) is 1. The van der Waals surface area contributed by atoms with Crippen molar-refractivity contribution < 1.29 is 9.59 Å². The van der Waals surface area contributed by atoms with Crippen LogP contribution in [0.5, 0.6) is 0 Å². The van der Waals surface area contributed by atoms with Crippen LogP contribution in [0.3, 0.4) is 0 Å². The standard InChI is InChI=1S/C21H17N3O2S/c1-2-13-22-17(25)14-23-20(26)19-18(15-9-5-3-6-10-15)24-21(27-19)16-11-7-4-8-12-16/h1,3-12H,13-14H2,(H,22,25)(H,23,26). The number of amides is 2. The van der Waals surface area contributed by atoms with E-state index < -0.39 is 0 Å². The molecule has 0 aliphatic heterocycles. The van der Waals surface area contributed by atoms with E-state index in [9.17, 15) is 9.59 Å². The first kappa shape index (κ1) is 18.4. The Bertz CT molecular complexity index is 976. The van der Waals surface area contributed by atoms with Gasteiger partial charge in [0.2, 0.25) is 5.91 Å². The molecule has 0 saturated heterocycles. The number of rotatable bonds is 6. The molecule has 0 aliphatic rings. The van der Waals surface area contributed by atoms with Gasteiger partial charge in [-0.3, -0.25) is 9.59 Å². The summed E-state index contributed by atoms with van der Waals surface area (Å²) in [5.41, 5.74) is 2.38. The quantitative estimate of drug-likeness (QED) is 0.651. The Morgan fingerprint density at radius 2 is 1.59 bits per heavy atom. The number of thiazole rings is 1. The van der Waals surface area contributed by atoms with Crippen LogP contribution in [0.25, 0.3) is 21.8 Å². The summed E-state index contributed by atoms with van der Waals surface area (Å²) < 4.78 is 0. The normalized spacial score (nSPS) is 10.0. The van der Waals surface area contributed by atoms with Crippen LogP contribution in [-0.2, 0) is 4.79 Å². The van der Waals surface area contributed by atoms with E-state index in [2.05, 4.69) is 21.5 Å². The van der Waals surface area contributed by atoms with Crippen LogP contribution in [-0.4, -0.2) is 29.9 Å². The summed E-state index contributed by atoms with van der Waals surface area (Å²) in [7, 11) is 0. The molecule has 0 spiro atoms. The highest BCUT2D eigenvalue weighted by Crippen LogP contribution is 2.33. The molecule has 2 aromatic carbocycles. The Hall–Kier alpha value is -3.43. The fraction of sp³-hybridized carbons (Fsp3) is 0.0952. The Morgan fingerprint density at radius 3 is 2.22 bits per heavy atom. The lowest BCUT2D eigenvalue weighted by molar-refractivity contribution is -0.119. The third kappa shape index (κ3) is 4.60. The SMILES string of the molecule is C#CCNC(=O)CNC(=O)c1sc(-c2ccccc2)nc1-c1ccccc1. The lowest BCUT2D eigenvalue weighted by atomic mass is 10.1. The number of carbonyl (C=O) groups is 2. The van der Waals surface area contributed by atoms with Crippen molar-refractivity contribution in [2.24, 2.45) is 0 Å². The van der Waals surface area contributed by atoms with Crippen LogP contribution < -0.4 is 10.6 Å². The molecule has 0 aliphatic carbocycles. The molecule has 0 bridgehead atoms. The van der Waals surface area contributed by atoms with Crippen LogP contribution in [0, 0.1) is 12.3 Å². The number of aromatic nitrogens is 1. The first-order chi connectivity index (χ1) is 13.2. The number of hydrogen-bond donors (Lipinski definition) is 2. The van der Waals surface area contributed by atoms with Crippen LogP contribution in [0.1, 0.15) is 9.67 Å². The van der Waals surface area contributed by atoms with Gasteiger partial charge in [-0.25, -0.2) is 4.98 Å². The predicted octanol–water partition coefficient (Wildman–Crippen LogP) is 2.96. The summed E-state index contributed by atoms with van der Waals surface area (Å²) in [6.45, 7) is -0.0179. The number of terminal acetylenes is 1. The molecule has 3 rings (SSSR count). The molecule has 1 heterocycles. The van der Waals surface area contributed by atoms with Crippen molar-refractivity contribution in [1.82, 2.24) is 15.6 Å². The molecule has 2 N–H and O–H groups in total. The fourth-order valence-corrected chi connectivity index (χ4v) is 3.43. The highest BCUT2D eigenvalue weighted by atomic mass is 32.1. The van der Waals surface area contributed by atoms with Gasteiger partial charge in [0.05, 0.1) is 18.8 Å². The van der Waals surface area contributed by atoms with Crippen molar-refractivity contribution in [3.05, 3.63) is 65.5 Å². The molecule has 27 heavy (non-hydrogen) atoms. The van der Waals surface area contributed by atoms with Crippen LogP contribution in [0.2, 0.25) is 0 Å². The Balaban J connectivity index is 1.89. The minimum Gasteiger partial charge on any atom is -0.344 e. The van der Waals surface area contributed by atoms with Crippen molar-refractivity contribution in [3.8, 4) is 34.2 Å². The highest BCUT2D eigenvalue weighted by Gasteiger charge is 2.20. The van der Waals surface area contributed by atoms with E-state index in [1.807, 2.05) is 60.7 Å². The summed E-state index contributed by atoms with van der Waals surface area (Å²) >= 11 is 1.30. The van der Waals surface area contributed by atoms with Gasteiger partial charge in [0, 0.05) is 11.1 Å². The van der Waals surface area contributed by atoms with E-state index in [4.69, 9.17) is 6.42 Å². The largest absolute Gasteiger partial charge is 0.344 e. The lowest BCUT2D eigenvalue weighted by Gasteiger charge is -2.05. The molecular formula is C21H17N3O2S. The van der Waals surface area contributed by atoms with Crippen molar-refractivity contribution in [3.63, 3.8) is 0 Å². The first-order valence-electron chi connectivity index (χ1n) is 8.29. The van der Waals surface area contributed by atoms with Crippen LogP contribution in [0.15, 0.2) is 60.7 Å². The molecule has 2 amide bonds. The molecule has 0 radical (unpaired) electrons. The van der Waals surface area contributed by atoms with Gasteiger partial charge in [0.15, 0.2) is 0 Å². The topological polar surface area (TPSA) is 71.1 Å². The first-order valence-corrected chi connectivity index (χ1v) is 9.10. The number of carbonyl (C=O) groups excluding carboxylic acids is 2. The van der Waals surface area contributed by atoms with E-state index in [-0.39, 0.29) is 24.9 Å². The molecule has 134 valence electrons. The van der Waals surface area contributed by atoms with Crippen LogP contribution >= 0.6 is 11.3 Å². The molecular weight excluding hydrogens is 358 g/mol. The monoisotopic (exact) mass is 375 g/mol. The maximum atomic E-state index is 12.7. The van der Waals surface area contributed by atoms with Gasteiger partial charge in [-0.05, 0) is 0 Å². The summed E-state index contributed by atoms with van der Waals surface area (Å²) in [5, 5.41) is 5.89. The number of hydrogen-bond acceptors (Lipinski definition) is 4. The van der Waals surface area contributed by atoms with Crippen LogP contribution in [0.4, 0.5) is 0 Å². The van der Waals surface area contributed by atoms with E-state index >= 15 is 0 Å². The van der Waals surface area contributed by atoms with Gasteiger partial charge in [0.25, 0.3) is 5.91 Å². The minimum absolute atomic E-state index is 0.128. The summed E-state index contributed by atoms with van der Waals surface area (Å²) in [6, 6.07) is 19.2. The summed E-state index contributed by atoms with van der Waals surface area (Å²) in [6.07, 6.45) is 5.11. The molecule has 0 unspecified atom stereocenters. The van der Waals surface area contributed by atoms with E-state index in [0.717, 1.165) is 16.1 Å². The molecule has 3 aromatic rings. The predicted molar refractivity (Wildman–Crippen MR) is 107 cm³/mol. The zero-order valence-electron chi connectivity index (χ0n) is 14.4. The molecule has 0 atom stereocenters. The third-order valence-electron chi connectivity index (χ3n) is 3.70. The second-order valence-electron chi connectivity index (χ2n) is 5.59. The smallest absolute Gasteiger partial charge is 0.264 e. The molecule has 6 heteroatoms. The minimum atomic E-state index is -0.343. The average Bonchev–Trinajstić information content (AvgIpc) is 3.17. The van der Waals surface area contributed by atoms with Crippen molar-refractivity contribution in [2.45, 2.75) is 0 Å². The highest BCUT2D eigenvalue weighted by molar-refractivity contribution is 7.17. The Kier molecular flexibility index (Phi) is 5.98. The van der Waals surface area contributed by atoms with Gasteiger partial charge in [-0.15, -0.1) is 17.8 Å². The number of nitrogens with one attached hydrogen (secondary N) is 2. The van der Waals surface area contributed by atoms with Crippen molar-refractivity contribution in [1.29, 1.82) is 0 Å². The van der Waals surface area contributed by atoms with Gasteiger partial charge >= 0.3 is 0 Å². The average molecular weight is 375 g/mol. The lowest BCUT2D eigenvalue weighted by Crippen LogP contribution is -2.36. The third-order valence-corrected chi connectivity index (χ3v) is 4.80. The zero-order valence-corrected chi connectivity index (χ0v) is 15.3. The Morgan fingerprint density at radius 1 is 0.963 bits per heavy atom. The molecule has 1 aromatic heterocycles. The van der Waals surface area contributed by atoms with Crippen molar-refractivity contribution in [2.75, 3.05) is 13.1 Å². The molecule has 0 saturated carbocycles. The molecule has 0 fully saturated rings. The maximum Gasteiger partial charge on any atom is 0.264 e.